The Balaban J connectivity index is 1.85. The van der Waals surface area contributed by atoms with Gasteiger partial charge >= 0.3 is 0 Å². The Morgan fingerprint density at radius 2 is 2.14 bits per heavy atom. The van der Waals surface area contributed by atoms with Crippen molar-refractivity contribution in [3.05, 3.63) is 36.5 Å². The van der Waals surface area contributed by atoms with Crippen LogP contribution in [0.4, 0.5) is 11.8 Å². The Kier molecular flexibility index (Phi) is 3.99. The second kappa shape index (κ2) is 5.93. The van der Waals surface area contributed by atoms with Crippen molar-refractivity contribution in [1.29, 1.82) is 0 Å². The molecule has 0 aliphatic carbocycles. The van der Waals surface area contributed by atoms with E-state index in [9.17, 15) is 8.42 Å². The first-order valence-electron chi connectivity index (χ1n) is 6.87. The summed E-state index contributed by atoms with van der Waals surface area (Å²) in [4.78, 5) is 16.6. The van der Waals surface area contributed by atoms with Crippen LogP contribution in [0.5, 0.6) is 0 Å². The third-order valence-corrected chi connectivity index (χ3v) is 4.74. The smallest absolute Gasteiger partial charge is 0.228 e. The minimum atomic E-state index is -3.24. The zero-order chi connectivity index (χ0) is 15.6. The first kappa shape index (κ1) is 14.8. The molecule has 1 saturated heterocycles. The Bertz CT molecular complexity index is 752. The fourth-order valence-corrected chi connectivity index (χ4v) is 3.67. The van der Waals surface area contributed by atoms with Crippen LogP contribution in [0.15, 0.2) is 30.9 Å². The van der Waals surface area contributed by atoms with Crippen LogP contribution in [-0.4, -0.2) is 45.5 Å². The van der Waals surface area contributed by atoms with E-state index in [2.05, 4.69) is 25.3 Å². The van der Waals surface area contributed by atoms with Gasteiger partial charge in [0.15, 0.2) is 5.82 Å². The third kappa shape index (κ3) is 3.20. The number of aromatic nitrogens is 4. The number of hydrogen-bond acceptors (Lipinski definition) is 7. The van der Waals surface area contributed by atoms with Crippen molar-refractivity contribution >= 4 is 21.8 Å². The molecule has 1 atom stereocenters. The molecule has 1 aliphatic heterocycles. The van der Waals surface area contributed by atoms with Crippen LogP contribution in [0.2, 0.25) is 0 Å². The van der Waals surface area contributed by atoms with E-state index in [1.165, 1.54) is 10.6 Å². The average molecular weight is 320 g/mol. The fourth-order valence-electron chi connectivity index (χ4n) is 2.53. The lowest BCUT2D eigenvalue weighted by atomic mass is 10.1. The zero-order valence-corrected chi connectivity index (χ0v) is 12.9. The molecule has 8 nitrogen and oxygen atoms in total. The molecule has 22 heavy (non-hydrogen) atoms. The largest absolute Gasteiger partial charge is 0.307 e. The summed E-state index contributed by atoms with van der Waals surface area (Å²) in [5, 5.41) is 2.96. The molecular formula is C13H16N6O2S. The quantitative estimate of drug-likeness (QED) is 0.900. The molecule has 0 bridgehead atoms. The molecule has 0 radical (unpaired) electrons. The van der Waals surface area contributed by atoms with Crippen molar-refractivity contribution in [3.63, 3.8) is 0 Å². The molecule has 1 N–H and O–H groups in total. The van der Waals surface area contributed by atoms with Gasteiger partial charge in [-0.15, -0.1) is 0 Å². The Morgan fingerprint density at radius 1 is 1.27 bits per heavy atom. The van der Waals surface area contributed by atoms with Crippen LogP contribution in [0.3, 0.4) is 0 Å². The molecular weight excluding hydrogens is 304 g/mol. The number of nitrogens with zero attached hydrogens (tertiary/aromatic N) is 5. The minimum absolute atomic E-state index is 0.236. The summed E-state index contributed by atoms with van der Waals surface area (Å²) < 4.78 is 25.2. The summed E-state index contributed by atoms with van der Waals surface area (Å²) in [5.74, 6) is 0.907. The van der Waals surface area contributed by atoms with E-state index in [1.54, 1.807) is 30.9 Å². The standard InChI is InChI=1S/C13H16N6O2S/c1-22(20,21)19-8-2-3-11(19)10-4-5-16-13(17-10)18-12-9-14-6-7-15-12/h4-7,9,11H,2-3,8H2,1H3,(H,15,16,17,18)/t11-/m0/s1. The van der Waals surface area contributed by atoms with Crippen LogP contribution in [-0.2, 0) is 10.0 Å². The lowest BCUT2D eigenvalue weighted by molar-refractivity contribution is 0.394. The molecule has 0 amide bonds. The summed E-state index contributed by atoms with van der Waals surface area (Å²) in [6.45, 7) is 0.528. The predicted molar refractivity (Wildman–Crippen MR) is 80.9 cm³/mol. The summed E-state index contributed by atoms with van der Waals surface area (Å²) >= 11 is 0. The first-order chi connectivity index (χ1) is 10.5. The molecule has 9 heteroatoms. The molecule has 1 aliphatic rings. The van der Waals surface area contributed by atoms with Crippen LogP contribution in [0, 0.1) is 0 Å². The van der Waals surface area contributed by atoms with Crippen LogP contribution in [0.1, 0.15) is 24.6 Å². The molecule has 2 aromatic rings. The normalized spacial score (nSPS) is 19.2. The van der Waals surface area contributed by atoms with Crippen LogP contribution >= 0.6 is 0 Å². The molecule has 1 fully saturated rings. The molecule has 0 aromatic carbocycles. The summed E-state index contributed by atoms with van der Waals surface area (Å²) in [7, 11) is -3.24. The first-order valence-corrected chi connectivity index (χ1v) is 8.72. The van der Waals surface area contributed by atoms with Crippen molar-refractivity contribution in [3.8, 4) is 0 Å². The Hall–Kier alpha value is -2.13. The Labute approximate surface area is 128 Å². The molecule has 3 rings (SSSR count). The SMILES string of the molecule is CS(=O)(=O)N1CCC[C@H]1c1ccnc(Nc2cnccn2)n1. The second-order valence-electron chi connectivity index (χ2n) is 5.05. The maximum Gasteiger partial charge on any atom is 0.228 e. The molecule has 0 spiro atoms. The monoisotopic (exact) mass is 320 g/mol. The van der Waals surface area contributed by atoms with Crippen LogP contribution in [0.25, 0.3) is 0 Å². The van der Waals surface area contributed by atoms with Gasteiger partial charge in [0.1, 0.15) is 0 Å². The highest BCUT2D eigenvalue weighted by atomic mass is 32.2. The number of rotatable bonds is 4. The van der Waals surface area contributed by atoms with Gasteiger partial charge in [-0.25, -0.2) is 23.4 Å². The average Bonchev–Trinajstić information content (AvgIpc) is 2.98. The van der Waals surface area contributed by atoms with E-state index in [4.69, 9.17) is 0 Å². The lowest BCUT2D eigenvalue weighted by Crippen LogP contribution is -2.30. The highest BCUT2D eigenvalue weighted by Gasteiger charge is 2.33. The Morgan fingerprint density at radius 3 is 2.86 bits per heavy atom. The van der Waals surface area contributed by atoms with E-state index >= 15 is 0 Å². The van der Waals surface area contributed by atoms with Gasteiger partial charge in [0.05, 0.1) is 24.2 Å². The van der Waals surface area contributed by atoms with Gasteiger partial charge in [-0.1, -0.05) is 0 Å². The van der Waals surface area contributed by atoms with Crippen molar-refractivity contribution in [2.24, 2.45) is 0 Å². The van der Waals surface area contributed by atoms with E-state index in [0.29, 0.717) is 24.0 Å². The number of anilines is 2. The van der Waals surface area contributed by atoms with Gasteiger partial charge in [-0.2, -0.15) is 4.31 Å². The zero-order valence-electron chi connectivity index (χ0n) is 12.0. The second-order valence-corrected chi connectivity index (χ2v) is 6.99. The van der Waals surface area contributed by atoms with Gasteiger partial charge < -0.3 is 5.32 Å². The molecule has 3 heterocycles. The van der Waals surface area contributed by atoms with Crippen molar-refractivity contribution in [1.82, 2.24) is 24.2 Å². The van der Waals surface area contributed by atoms with Gasteiger partial charge in [-0.05, 0) is 18.9 Å². The third-order valence-electron chi connectivity index (χ3n) is 3.45. The van der Waals surface area contributed by atoms with E-state index < -0.39 is 10.0 Å². The van der Waals surface area contributed by atoms with Gasteiger partial charge in [-0.3, -0.25) is 4.98 Å². The van der Waals surface area contributed by atoms with E-state index in [0.717, 1.165) is 12.8 Å². The molecule has 116 valence electrons. The van der Waals surface area contributed by atoms with Crippen molar-refractivity contribution in [2.45, 2.75) is 18.9 Å². The maximum atomic E-state index is 11.8. The number of sulfonamides is 1. The van der Waals surface area contributed by atoms with E-state index in [1.807, 2.05) is 0 Å². The summed E-state index contributed by atoms with van der Waals surface area (Å²) in [5.41, 5.74) is 0.685. The summed E-state index contributed by atoms with van der Waals surface area (Å²) in [6.07, 6.45) is 9.13. The van der Waals surface area contributed by atoms with Crippen molar-refractivity contribution < 1.29 is 8.42 Å². The molecule has 2 aromatic heterocycles. The minimum Gasteiger partial charge on any atom is -0.307 e. The predicted octanol–water partition coefficient (Wildman–Crippen LogP) is 1.11. The fraction of sp³-hybridized carbons (Fsp3) is 0.385. The van der Waals surface area contributed by atoms with Crippen LogP contribution < -0.4 is 5.32 Å². The topological polar surface area (TPSA) is 101 Å². The highest BCUT2D eigenvalue weighted by molar-refractivity contribution is 7.88. The maximum absolute atomic E-state index is 11.8. The van der Waals surface area contributed by atoms with Gasteiger partial charge in [0.2, 0.25) is 16.0 Å². The summed E-state index contributed by atoms with van der Waals surface area (Å²) in [6, 6.07) is 1.51. The van der Waals surface area contributed by atoms with Crippen molar-refractivity contribution in [2.75, 3.05) is 18.1 Å². The number of nitrogens with one attached hydrogen (secondary N) is 1. The molecule has 0 unspecified atom stereocenters. The number of hydrogen-bond donors (Lipinski definition) is 1. The highest BCUT2D eigenvalue weighted by Crippen LogP contribution is 2.32. The molecule has 0 saturated carbocycles. The van der Waals surface area contributed by atoms with Gasteiger partial charge in [0, 0.05) is 25.1 Å². The van der Waals surface area contributed by atoms with E-state index in [-0.39, 0.29) is 6.04 Å². The lowest BCUT2D eigenvalue weighted by Gasteiger charge is -2.21. The van der Waals surface area contributed by atoms with Gasteiger partial charge in [0.25, 0.3) is 0 Å².